The summed E-state index contributed by atoms with van der Waals surface area (Å²) in [5.41, 5.74) is 2.94. The molecule has 0 bridgehead atoms. The van der Waals surface area contributed by atoms with Crippen molar-refractivity contribution in [3.8, 4) is 0 Å². The monoisotopic (exact) mass is 240 g/mol. The summed E-state index contributed by atoms with van der Waals surface area (Å²) in [4.78, 5) is 11.6. The lowest BCUT2D eigenvalue weighted by Crippen LogP contribution is -2.03. The lowest BCUT2D eigenvalue weighted by Gasteiger charge is -2.03. The van der Waals surface area contributed by atoms with Crippen molar-refractivity contribution in [2.24, 2.45) is 0 Å². The van der Waals surface area contributed by atoms with Gasteiger partial charge in [0.15, 0.2) is 0 Å². The predicted octanol–water partition coefficient (Wildman–Crippen LogP) is 3.68. The van der Waals surface area contributed by atoms with E-state index in [1.807, 2.05) is 37.3 Å². The first-order valence-corrected chi connectivity index (χ1v) is 5.71. The van der Waals surface area contributed by atoms with Gasteiger partial charge < -0.3 is 9.15 Å². The van der Waals surface area contributed by atoms with Gasteiger partial charge in [-0.25, -0.2) is 4.79 Å². The largest absolute Gasteiger partial charge is 0.465 e. The number of ether oxygens (including phenoxy) is 1. The van der Waals surface area contributed by atoms with Crippen LogP contribution in [0.5, 0.6) is 0 Å². The highest BCUT2D eigenvalue weighted by Gasteiger charge is 2.15. The van der Waals surface area contributed by atoms with Crippen LogP contribution in [0.4, 0.5) is 0 Å². The Morgan fingerprint density at radius 2 is 1.89 bits per heavy atom. The number of benzene rings is 2. The van der Waals surface area contributed by atoms with Crippen LogP contribution in [0.25, 0.3) is 21.9 Å². The highest BCUT2D eigenvalue weighted by molar-refractivity contribution is 6.08. The molecule has 3 rings (SSSR count). The summed E-state index contributed by atoms with van der Waals surface area (Å²) in [6, 6.07) is 11.5. The Hall–Kier alpha value is -2.29. The Bertz CT molecular complexity index is 753. The van der Waals surface area contributed by atoms with Gasteiger partial charge >= 0.3 is 5.97 Å². The second-order valence-corrected chi connectivity index (χ2v) is 4.20. The van der Waals surface area contributed by atoms with Gasteiger partial charge in [0, 0.05) is 16.3 Å². The maximum absolute atomic E-state index is 11.6. The molecule has 0 atom stereocenters. The highest BCUT2D eigenvalue weighted by atomic mass is 16.5. The summed E-state index contributed by atoms with van der Waals surface area (Å²) in [5.74, 6) is -0.338. The van der Waals surface area contributed by atoms with E-state index in [1.54, 1.807) is 6.07 Å². The average Bonchev–Trinajstić information content (AvgIpc) is 2.78. The van der Waals surface area contributed by atoms with Gasteiger partial charge in [0.25, 0.3) is 0 Å². The Morgan fingerprint density at radius 3 is 2.67 bits per heavy atom. The van der Waals surface area contributed by atoms with E-state index in [2.05, 4.69) is 0 Å². The molecule has 0 N–H and O–H groups in total. The average molecular weight is 240 g/mol. The van der Waals surface area contributed by atoms with Crippen LogP contribution in [0.15, 0.2) is 40.8 Å². The van der Waals surface area contributed by atoms with E-state index in [4.69, 9.17) is 9.15 Å². The number of esters is 1. The normalized spacial score (nSPS) is 11.0. The quantitative estimate of drug-likeness (QED) is 0.609. The zero-order valence-electron chi connectivity index (χ0n) is 10.2. The van der Waals surface area contributed by atoms with Crippen LogP contribution in [-0.4, -0.2) is 13.1 Å². The number of carbonyl (C=O) groups is 1. The molecule has 90 valence electrons. The number of fused-ring (bicyclic) bond motifs is 3. The molecule has 0 saturated carbocycles. The van der Waals surface area contributed by atoms with Crippen LogP contribution < -0.4 is 0 Å². The van der Waals surface area contributed by atoms with E-state index < -0.39 is 0 Å². The highest BCUT2D eigenvalue weighted by Crippen LogP contribution is 2.32. The summed E-state index contributed by atoms with van der Waals surface area (Å²) in [6.45, 7) is 1.87. The predicted molar refractivity (Wildman–Crippen MR) is 69.8 cm³/mol. The molecule has 3 aromatic rings. The number of furan rings is 1. The Kier molecular flexibility index (Phi) is 2.33. The molecule has 0 aliphatic heterocycles. The van der Waals surface area contributed by atoms with Crippen LogP contribution >= 0.6 is 0 Å². The van der Waals surface area contributed by atoms with E-state index in [-0.39, 0.29) is 5.97 Å². The number of aryl methyl sites for hydroxylation is 1. The molecule has 0 aliphatic carbocycles. The molecule has 1 heterocycles. The fourth-order valence-corrected chi connectivity index (χ4v) is 2.25. The fraction of sp³-hybridized carbons (Fsp3) is 0.133. The lowest BCUT2D eigenvalue weighted by molar-refractivity contribution is 0.0600. The second-order valence-electron chi connectivity index (χ2n) is 4.20. The molecule has 2 aromatic carbocycles. The Labute approximate surface area is 104 Å². The van der Waals surface area contributed by atoms with E-state index in [1.165, 1.54) is 7.11 Å². The van der Waals surface area contributed by atoms with Crippen LogP contribution in [0.1, 0.15) is 15.9 Å². The molecular formula is C15H12O3. The SMILES string of the molecule is COC(=O)c1ccc2c(oc3ccccc32)c1C. The van der Waals surface area contributed by atoms with E-state index >= 15 is 0 Å². The second kappa shape index (κ2) is 3.88. The lowest BCUT2D eigenvalue weighted by atomic mass is 10.0. The van der Waals surface area contributed by atoms with Crippen molar-refractivity contribution in [1.82, 2.24) is 0 Å². The van der Waals surface area contributed by atoms with Crippen molar-refractivity contribution < 1.29 is 13.9 Å². The molecule has 0 saturated heterocycles. The molecule has 0 spiro atoms. The van der Waals surface area contributed by atoms with Crippen molar-refractivity contribution in [3.05, 3.63) is 47.5 Å². The number of para-hydroxylation sites is 1. The van der Waals surface area contributed by atoms with Gasteiger partial charge in [0.2, 0.25) is 0 Å². The van der Waals surface area contributed by atoms with Gasteiger partial charge in [0.05, 0.1) is 12.7 Å². The summed E-state index contributed by atoms with van der Waals surface area (Å²) in [6.07, 6.45) is 0. The molecule has 0 unspecified atom stereocenters. The number of carbonyl (C=O) groups excluding carboxylic acids is 1. The fourth-order valence-electron chi connectivity index (χ4n) is 2.25. The molecule has 0 aliphatic rings. The van der Waals surface area contributed by atoms with Crippen molar-refractivity contribution in [3.63, 3.8) is 0 Å². The standard InChI is InChI=1S/C15H12O3/c1-9-10(15(16)17-2)7-8-12-11-5-3-4-6-13(11)18-14(9)12/h3-8H,1-2H3. The number of rotatable bonds is 1. The van der Waals surface area contributed by atoms with Crippen LogP contribution in [0.2, 0.25) is 0 Å². The van der Waals surface area contributed by atoms with Crippen LogP contribution in [0.3, 0.4) is 0 Å². The van der Waals surface area contributed by atoms with E-state index in [0.29, 0.717) is 5.56 Å². The maximum Gasteiger partial charge on any atom is 0.338 e. The molecule has 18 heavy (non-hydrogen) atoms. The molecule has 1 aromatic heterocycles. The van der Waals surface area contributed by atoms with E-state index in [0.717, 1.165) is 27.5 Å². The van der Waals surface area contributed by atoms with Crippen molar-refractivity contribution in [2.75, 3.05) is 7.11 Å². The Morgan fingerprint density at radius 1 is 1.11 bits per heavy atom. The van der Waals surface area contributed by atoms with Gasteiger partial charge in [-0.05, 0) is 25.1 Å². The third-order valence-corrected chi connectivity index (χ3v) is 3.20. The first kappa shape index (κ1) is 10.8. The van der Waals surface area contributed by atoms with Gasteiger partial charge in [-0.2, -0.15) is 0 Å². The summed E-state index contributed by atoms with van der Waals surface area (Å²) in [7, 11) is 1.38. The molecule has 3 heteroatoms. The van der Waals surface area contributed by atoms with Gasteiger partial charge in [-0.3, -0.25) is 0 Å². The van der Waals surface area contributed by atoms with Crippen molar-refractivity contribution in [2.45, 2.75) is 6.92 Å². The molecular weight excluding hydrogens is 228 g/mol. The summed E-state index contributed by atoms with van der Waals surface area (Å²) >= 11 is 0. The van der Waals surface area contributed by atoms with Crippen LogP contribution in [0, 0.1) is 6.92 Å². The summed E-state index contributed by atoms with van der Waals surface area (Å²) in [5, 5.41) is 2.09. The van der Waals surface area contributed by atoms with Crippen LogP contribution in [-0.2, 0) is 4.74 Å². The molecule has 0 amide bonds. The minimum Gasteiger partial charge on any atom is -0.465 e. The number of methoxy groups -OCH3 is 1. The zero-order valence-corrected chi connectivity index (χ0v) is 10.2. The summed E-state index contributed by atoms with van der Waals surface area (Å²) < 4.78 is 10.6. The minimum atomic E-state index is -0.338. The van der Waals surface area contributed by atoms with Gasteiger partial charge in [-0.1, -0.05) is 18.2 Å². The van der Waals surface area contributed by atoms with Crippen molar-refractivity contribution >= 4 is 27.9 Å². The first-order valence-electron chi connectivity index (χ1n) is 5.71. The third-order valence-electron chi connectivity index (χ3n) is 3.20. The topological polar surface area (TPSA) is 39.4 Å². The van der Waals surface area contributed by atoms with E-state index in [9.17, 15) is 4.79 Å². The molecule has 3 nitrogen and oxygen atoms in total. The molecule has 0 radical (unpaired) electrons. The number of hydrogen-bond acceptors (Lipinski definition) is 3. The number of hydrogen-bond donors (Lipinski definition) is 0. The van der Waals surface area contributed by atoms with Gasteiger partial charge in [0.1, 0.15) is 11.2 Å². The third kappa shape index (κ3) is 1.40. The zero-order chi connectivity index (χ0) is 12.7. The van der Waals surface area contributed by atoms with Gasteiger partial charge in [-0.15, -0.1) is 0 Å². The molecule has 0 fully saturated rings. The maximum atomic E-state index is 11.6. The van der Waals surface area contributed by atoms with Crippen molar-refractivity contribution in [1.29, 1.82) is 0 Å². The Balaban J connectivity index is 2.39. The minimum absolute atomic E-state index is 0.338. The smallest absolute Gasteiger partial charge is 0.338 e. The first-order chi connectivity index (χ1) is 8.72.